The molecule has 2 fully saturated rings. The van der Waals surface area contributed by atoms with Gasteiger partial charge < -0.3 is 20.9 Å². The van der Waals surface area contributed by atoms with E-state index in [2.05, 4.69) is 25.2 Å². The van der Waals surface area contributed by atoms with Crippen molar-refractivity contribution in [1.82, 2.24) is 20.3 Å². The number of amides is 1. The summed E-state index contributed by atoms with van der Waals surface area (Å²) in [5, 5.41) is 2.84. The third kappa shape index (κ3) is 3.32. The second-order valence-corrected chi connectivity index (χ2v) is 5.47. The van der Waals surface area contributed by atoms with Gasteiger partial charge in [0.25, 0.3) is 0 Å². The number of nitrogens with two attached hydrogens (primary N) is 1. The molecule has 1 aromatic rings. The highest BCUT2D eigenvalue weighted by Gasteiger charge is 2.21. The minimum absolute atomic E-state index is 0.00833. The normalized spacial score (nSPS) is 20.1. The van der Waals surface area contributed by atoms with Crippen molar-refractivity contribution in [2.45, 2.75) is 25.7 Å². The first-order chi connectivity index (χ1) is 10.2. The van der Waals surface area contributed by atoms with E-state index in [4.69, 9.17) is 5.73 Å². The number of nitrogen functional groups attached to an aromatic ring is 1. The lowest BCUT2D eigenvalue weighted by Gasteiger charge is -2.27. The molecule has 0 spiro atoms. The van der Waals surface area contributed by atoms with Crippen LogP contribution >= 0.6 is 0 Å². The number of piperidine rings is 1. The molecule has 0 saturated carbocycles. The fourth-order valence-electron chi connectivity index (χ4n) is 2.72. The summed E-state index contributed by atoms with van der Waals surface area (Å²) in [6, 6.07) is 0. The summed E-state index contributed by atoms with van der Waals surface area (Å²) < 4.78 is 0. The number of anilines is 3. The monoisotopic (exact) mass is 291 g/mol. The Hall–Kier alpha value is -2.12. The van der Waals surface area contributed by atoms with Crippen LogP contribution < -0.4 is 20.9 Å². The molecule has 0 aliphatic carbocycles. The van der Waals surface area contributed by atoms with Gasteiger partial charge in [-0.3, -0.25) is 4.79 Å². The van der Waals surface area contributed by atoms with Crippen LogP contribution in [0.1, 0.15) is 25.7 Å². The summed E-state index contributed by atoms with van der Waals surface area (Å²) in [6.45, 7) is 3.59. The second-order valence-electron chi connectivity index (χ2n) is 5.47. The number of carbonyl (C=O) groups excluding carboxylic acids is 1. The first kappa shape index (κ1) is 13.8. The fourth-order valence-corrected chi connectivity index (χ4v) is 2.72. The van der Waals surface area contributed by atoms with Crippen LogP contribution in [0.25, 0.3) is 0 Å². The number of hydrogen-bond acceptors (Lipinski definition) is 7. The van der Waals surface area contributed by atoms with Gasteiger partial charge in [-0.05, 0) is 25.7 Å². The average Bonchev–Trinajstić information content (AvgIpc) is 2.72. The quantitative estimate of drug-likeness (QED) is 0.776. The maximum absolute atomic E-state index is 11.7. The zero-order valence-corrected chi connectivity index (χ0v) is 12.1. The lowest BCUT2D eigenvalue weighted by atomic mass is 10.1. The van der Waals surface area contributed by atoms with Gasteiger partial charge in [0.2, 0.25) is 23.8 Å². The average molecular weight is 291 g/mol. The van der Waals surface area contributed by atoms with E-state index in [0.717, 1.165) is 38.9 Å². The molecule has 114 valence electrons. The molecule has 0 unspecified atom stereocenters. The van der Waals surface area contributed by atoms with Gasteiger partial charge in [0.1, 0.15) is 0 Å². The number of hydrogen-bond donors (Lipinski definition) is 2. The molecule has 3 heterocycles. The van der Waals surface area contributed by atoms with E-state index >= 15 is 0 Å². The third-order valence-corrected chi connectivity index (χ3v) is 3.81. The van der Waals surface area contributed by atoms with Crippen molar-refractivity contribution < 1.29 is 4.79 Å². The van der Waals surface area contributed by atoms with Crippen molar-refractivity contribution in [3.8, 4) is 0 Å². The van der Waals surface area contributed by atoms with E-state index in [0.29, 0.717) is 18.4 Å². The van der Waals surface area contributed by atoms with Crippen molar-refractivity contribution in [3.63, 3.8) is 0 Å². The molecule has 8 nitrogen and oxygen atoms in total. The summed E-state index contributed by atoms with van der Waals surface area (Å²) in [5.74, 6) is 1.33. The van der Waals surface area contributed by atoms with Crippen molar-refractivity contribution in [3.05, 3.63) is 0 Å². The van der Waals surface area contributed by atoms with E-state index in [1.165, 1.54) is 6.42 Å². The van der Waals surface area contributed by atoms with Crippen LogP contribution in [-0.4, -0.2) is 53.6 Å². The first-order valence-electron chi connectivity index (χ1n) is 7.50. The Balaban J connectivity index is 1.84. The van der Waals surface area contributed by atoms with E-state index in [1.54, 1.807) is 0 Å². The largest absolute Gasteiger partial charge is 0.368 e. The predicted octanol–water partition coefficient (Wildman–Crippen LogP) is -0.230. The SMILES string of the molecule is Nc1nc(N2CCCCC2)nc(N2CCCNC(=O)C2)n1. The van der Waals surface area contributed by atoms with Crippen LogP contribution in [0.15, 0.2) is 0 Å². The van der Waals surface area contributed by atoms with Crippen molar-refractivity contribution in [2.75, 3.05) is 48.3 Å². The van der Waals surface area contributed by atoms with Gasteiger partial charge >= 0.3 is 0 Å². The molecule has 8 heteroatoms. The van der Waals surface area contributed by atoms with Crippen LogP contribution in [0.5, 0.6) is 0 Å². The maximum atomic E-state index is 11.7. The Kier molecular flexibility index (Phi) is 4.03. The molecule has 1 amide bonds. The van der Waals surface area contributed by atoms with Crippen LogP contribution in [0.4, 0.5) is 17.8 Å². The Morgan fingerprint density at radius 1 is 0.905 bits per heavy atom. The lowest BCUT2D eigenvalue weighted by Crippen LogP contribution is -2.36. The number of carbonyl (C=O) groups is 1. The summed E-state index contributed by atoms with van der Waals surface area (Å²) in [7, 11) is 0. The van der Waals surface area contributed by atoms with Gasteiger partial charge in [0, 0.05) is 26.2 Å². The van der Waals surface area contributed by atoms with E-state index in [-0.39, 0.29) is 18.4 Å². The standard InChI is InChI=1S/C13H21N7O/c14-11-16-12(19-6-2-1-3-7-19)18-13(17-11)20-8-4-5-15-10(21)9-20/h1-9H2,(H,15,21)(H2,14,16,17,18). The molecule has 0 aromatic carbocycles. The van der Waals surface area contributed by atoms with Crippen LogP contribution in [-0.2, 0) is 4.79 Å². The molecular weight excluding hydrogens is 270 g/mol. The maximum Gasteiger partial charge on any atom is 0.239 e. The van der Waals surface area contributed by atoms with Gasteiger partial charge in [0.15, 0.2) is 0 Å². The van der Waals surface area contributed by atoms with Crippen LogP contribution in [0.2, 0.25) is 0 Å². The molecule has 21 heavy (non-hydrogen) atoms. The molecule has 3 N–H and O–H groups in total. The van der Waals surface area contributed by atoms with E-state index in [1.807, 2.05) is 4.90 Å². The number of aromatic nitrogens is 3. The first-order valence-corrected chi connectivity index (χ1v) is 7.50. The Labute approximate surface area is 123 Å². The topological polar surface area (TPSA) is 100 Å². The van der Waals surface area contributed by atoms with Crippen LogP contribution in [0, 0.1) is 0 Å². The van der Waals surface area contributed by atoms with Crippen molar-refractivity contribution >= 4 is 23.8 Å². The smallest absolute Gasteiger partial charge is 0.239 e. The van der Waals surface area contributed by atoms with Gasteiger partial charge in [-0.1, -0.05) is 0 Å². The molecule has 2 aliphatic rings. The minimum Gasteiger partial charge on any atom is -0.368 e. The second kappa shape index (κ2) is 6.11. The van der Waals surface area contributed by atoms with E-state index < -0.39 is 0 Å². The molecule has 3 rings (SSSR count). The molecule has 0 bridgehead atoms. The Morgan fingerprint density at radius 2 is 1.57 bits per heavy atom. The number of nitrogens with one attached hydrogen (secondary N) is 1. The van der Waals surface area contributed by atoms with Gasteiger partial charge in [-0.25, -0.2) is 0 Å². The van der Waals surface area contributed by atoms with Gasteiger partial charge in [-0.2, -0.15) is 15.0 Å². The Morgan fingerprint density at radius 3 is 2.33 bits per heavy atom. The molecule has 2 saturated heterocycles. The molecule has 0 atom stereocenters. The zero-order chi connectivity index (χ0) is 14.7. The van der Waals surface area contributed by atoms with Crippen molar-refractivity contribution in [2.24, 2.45) is 0 Å². The predicted molar refractivity (Wildman–Crippen MR) is 80.1 cm³/mol. The molecule has 2 aliphatic heterocycles. The highest BCUT2D eigenvalue weighted by Crippen LogP contribution is 2.19. The minimum atomic E-state index is -0.00833. The molecule has 1 aromatic heterocycles. The van der Waals surface area contributed by atoms with Crippen molar-refractivity contribution in [1.29, 1.82) is 0 Å². The molecular formula is C13H21N7O. The zero-order valence-electron chi connectivity index (χ0n) is 12.1. The van der Waals surface area contributed by atoms with Gasteiger partial charge in [-0.15, -0.1) is 0 Å². The Bertz CT molecular complexity index is 515. The van der Waals surface area contributed by atoms with Gasteiger partial charge in [0.05, 0.1) is 6.54 Å². The summed E-state index contributed by atoms with van der Waals surface area (Å²) >= 11 is 0. The fraction of sp³-hybridized carbons (Fsp3) is 0.692. The molecule has 0 radical (unpaired) electrons. The summed E-state index contributed by atoms with van der Waals surface area (Å²) in [5.41, 5.74) is 5.83. The van der Waals surface area contributed by atoms with E-state index in [9.17, 15) is 4.79 Å². The highest BCUT2D eigenvalue weighted by atomic mass is 16.2. The lowest BCUT2D eigenvalue weighted by molar-refractivity contribution is -0.119. The highest BCUT2D eigenvalue weighted by molar-refractivity contribution is 5.81. The number of nitrogens with zero attached hydrogens (tertiary/aromatic N) is 5. The third-order valence-electron chi connectivity index (χ3n) is 3.81. The summed E-state index contributed by atoms with van der Waals surface area (Å²) in [4.78, 5) is 28.7. The number of rotatable bonds is 2. The van der Waals surface area contributed by atoms with Crippen LogP contribution in [0.3, 0.4) is 0 Å². The summed E-state index contributed by atoms with van der Waals surface area (Å²) in [6.07, 6.45) is 4.41.